The standard InChI is InChI=1S/C9H13N5O3S/c1-4(15)12-5(8(16)17)3-18-9-13-6(10)2-7(11)14-9/h2,5H,3H2,1H3,(H,12,15)(H,16,17)(H4,10,11,13,14). The van der Waals surface area contributed by atoms with Crippen molar-refractivity contribution in [2.24, 2.45) is 0 Å². The van der Waals surface area contributed by atoms with Crippen LogP contribution in [0.3, 0.4) is 0 Å². The highest BCUT2D eigenvalue weighted by molar-refractivity contribution is 7.99. The Morgan fingerprint density at radius 2 is 2.00 bits per heavy atom. The summed E-state index contributed by atoms with van der Waals surface area (Å²) >= 11 is 1.05. The molecule has 9 heteroatoms. The number of aliphatic carboxylic acids is 1. The number of nitrogens with zero attached hydrogens (tertiary/aromatic N) is 2. The van der Waals surface area contributed by atoms with Crippen molar-refractivity contribution in [3.63, 3.8) is 0 Å². The first-order valence-electron chi connectivity index (χ1n) is 4.91. The third kappa shape index (κ3) is 4.45. The van der Waals surface area contributed by atoms with Crippen molar-refractivity contribution < 1.29 is 14.7 Å². The number of nitrogen functional groups attached to an aromatic ring is 2. The zero-order valence-corrected chi connectivity index (χ0v) is 10.4. The van der Waals surface area contributed by atoms with Crippen LogP contribution in [0.1, 0.15) is 6.92 Å². The fraction of sp³-hybridized carbons (Fsp3) is 0.333. The van der Waals surface area contributed by atoms with Crippen molar-refractivity contribution >= 4 is 35.3 Å². The molecule has 6 N–H and O–H groups in total. The molecule has 0 aliphatic carbocycles. The minimum absolute atomic E-state index is 0.0812. The summed E-state index contributed by atoms with van der Waals surface area (Å²) in [6, 6.07) is 0.380. The molecule has 0 fully saturated rings. The van der Waals surface area contributed by atoms with E-state index in [4.69, 9.17) is 16.6 Å². The molecule has 1 aromatic heterocycles. The van der Waals surface area contributed by atoms with Crippen LogP contribution in [0.15, 0.2) is 11.2 Å². The number of hydrogen-bond donors (Lipinski definition) is 4. The molecule has 98 valence electrons. The van der Waals surface area contributed by atoms with Crippen LogP contribution in [-0.2, 0) is 9.59 Å². The van der Waals surface area contributed by atoms with Gasteiger partial charge in [0.25, 0.3) is 0 Å². The van der Waals surface area contributed by atoms with Gasteiger partial charge >= 0.3 is 5.97 Å². The Hall–Kier alpha value is -2.03. The molecule has 0 radical (unpaired) electrons. The van der Waals surface area contributed by atoms with Crippen molar-refractivity contribution in [1.29, 1.82) is 0 Å². The lowest BCUT2D eigenvalue weighted by Crippen LogP contribution is -2.41. The lowest BCUT2D eigenvalue weighted by atomic mass is 10.3. The van der Waals surface area contributed by atoms with E-state index < -0.39 is 17.9 Å². The number of carbonyl (C=O) groups is 2. The number of nitrogens with one attached hydrogen (secondary N) is 1. The summed E-state index contributed by atoms with van der Waals surface area (Å²) in [4.78, 5) is 29.5. The Morgan fingerprint density at radius 1 is 1.44 bits per heavy atom. The monoisotopic (exact) mass is 271 g/mol. The first kappa shape index (κ1) is 14.0. The molecule has 1 rings (SSSR count). The van der Waals surface area contributed by atoms with Crippen molar-refractivity contribution in [3.8, 4) is 0 Å². The van der Waals surface area contributed by atoms with Crippen LogP contribution in [0.4, 0.5) is 11.6 Å². The maximum Gasteiger partial charge on any atom is 0.327 e. The highest BCUT2D eigenvalue weighted by Gasteiger charge is 2.19. The van der Waals surface area contributed by atoms with Crippen LogP contribution in [0.2, 0.25) is 0 Å². The van der Waals surface area contributed by atoms with Gasteiger partial charge in [0.2, 0.25) is 5.91 Å². The van der Waals surface area contributed by atoms with Gasteiger partial charge in [0, 0.05) is 18.7 Å². The van der Waals surface area contributed by atoms with Gasteiger partial charge in [-0.15, -0.1) is 0 Å². The number of thioether (sulfide) groups is 1. The average Bonchev–Trinajstić information content (AvgIpc) is 2.21. The predicted octanol–water partition coefficient (Wildman–Crippen LogP) is -0.678. The van der Waals surface area contributed by atoms with E-state index in [1.54, 1.807) is 0 Å². The van der Waals surface area contributed by atoms with Crippen molar-refractivity contribution in [1.82, 2.24) is 15.3 Å². The number of rotatable bonds is 5. The van der Waals surface area contributed by atoms with Gasteiger partial charge < -0.3 is 21.9 Å². The van der Waals surface area contributed by atoms with Crippen LogP contribution >= 0.6 is 11.8 Å². The van der Waals surface area contributed by atoms with E-state index in [0.717, 1.165) is 11.8 Å². The SMILES string of the molecule is CC(=O)NC(CSc1nc(N)cc(N)n1)C(=O)O. The van der Waals surface area contributed by atoms with Gasteiger partial charge in [-0.05, 0) is 0 Å². The molecule has 8 nitrogen and oxygen atoms in total. The van der Waals surface area contributed by atoms with E-state index >= 15 is 0 Å². The van der Waals surface area contributed by atoms with Crippen LogP contribution in [0.25, 0.3) is 0 Å². The molecule has 1 amide bonds. The highest BCUT2D eigenvalue weighted by atomic mass is 32.2. The molecule has 1 unspecified atom stereocenters. The zero-order valence-electron chi connectivity index (χ0n) is 9.58. The van der Waals surface area contributed by atoms with E-state index in [9.17, 15) is 9.59 Å². The van der Waals surface area contributed by atoms with Crippen LogP contribution in [0.5, 0.6) is 0 Å². The van der Waals surface area contributed by atoms with Gasteiger partial charge in [-0.1, -0.05) is 11.8 Å². The van der Waals surface area contributed by atoms with Crippen molar-refractivity contribution in [2.45, 2.75) is 18.1 Å². The van der Waals surface area contributed by atoms with Gasteiger partial charge in [0.05, 0.1) is 0 Å². The summed E-state index contributed by atoms with van der Waals surface area (Å²) in [5.41, 5.74) is 11.0. The Bertz CT molecular complexity index is 447. The molecule has 0 spiro atoms. The van der Waals surface area contributed by atoms with E-state index in [1.165, 1.54) is 13.0 Å². The van der Waals surface area contributed by atoms with Gasteiger partial charge in [-0.3, -0.25) is 4.79 Å². The number of amides is 1. The molecule has 0 saturated carbocycles. The molecule has 0 bridgehead atoms. The van der Waals surface area contributed by atoms with Gasteiger partial charge in [-0.2, -0.15) is 0 Å². The number of aromatic nitrogens is 2. The molecule has 0 aromatic carbocycles. The summed E-state index contributed by atoms with van der Waals surface area (Å²) < 4.78 is 0. The van der Waals surface area contributed by atoms with Crippen LogP contribution in [0, 0.1) is 0 Å². The number of nitrogens with two attached hydrogens (primary N) is 2. The second-order valence-corrected chi connectivity index (χ2v) is 4.39. The Morgan fingerprint density at radius 3 is 2.44 bits per heavy atom. The van der Waals surface area contributed by atoms with Gasteiger partial charge in [0.15, 0.2) is 5.16 Å². The number of carboxylic acid groups (broad SMARTS) is 1. The second-order valence-electron chi connectivity index (χ2n) is 3.40. The molecule has 1 atom stereocenters. The average molecular weight is 271 g/mol. The Labute approximate surface area is 107 Å². The molecular formula is C9H13N5O3S. The van der Waals surface area contributed by atoms with Crippen molar-refractivity contribution in [3.05, 3.63) is 6.07 Å². The first-order valence-corrected chi connectivity index (χ1v) is 5.89. The zero-order chi connectivity index (χ0) is 13.7. The number of hydrogen-bond acceptors (Lipinski definition) is 7. The minimum Gasteiger partial charge on any atom is -0.480 e. The van der Waals surface area contributed by atoms with Crippen molar-refractivity contribution in [2.75, 3.05) is 17.2 Å². The quantitative estimate of drug-likeness (QED) is 0.407. The fourth-order valence-electron chi connectivity index (χ4n) is 1.10. The summed E-state index contributed by atoms with van der Waals surface area (Å²) in [5.74, 6) is -1.06. The maximum absolute atomic E-state index is 10.9. The normalized spacial score (nSPS) is 11.8. The first-order chi connectivity index (χ1) is 8.38. The number of anilines is 2. The molecule has 0 aliphatic heterocycles. The van der Waals surface area contributed by atoms with E-state index in [1.807, 2.05) is 0 Å². The molecule has 1 heterocycles. The van der Waals surface area contributed by atoms with Gasteiger partial charge in [0.1, 0.15) is 17.7 Å². The molecule has 0 aliphatic rings. The lowest BCUT2D eigenvalue weighted by Gasteiger charge is -2.12. The maximum atomic E-state index is 10.9. The predicted molar refractivity (Wildman–Crippen MR) is 66.8 cm³/mol. The van der Waals surface area contributed by atoms with E-state index in [-0.39, 0.29) is 22.5 Å². The van der Waals surface area contributed by atoms with E-state index in [0.29, 0.717) is 0 Å². The fourth-order valence-corrected chi connectivity index (χ4v) is 1.99. The highest BCUT2D eigenvalue weighted by Crippen LogP contribution is 2.17. The minimum atomic E-state index is -1.13. The van der Waals surface area contributed by atoms with Crippen LogP contribution < -0.4 is 16.8 Å². The van der Waals surface area contributed by atoms with Crippen LogP contribution in [-0.4, -0.2) is 38.7 Å². The summed E-state index contributed by atoms with van der Waals surface area (Å²) in [5, 5.41) is 11.5. The Kier molecular flexibility index (Phi) is 4.72. The lowest BCUT2D eigenvalue weighted by molar-refractivity contribution is -0.140. The molecule has 18 heavy (non-hydrogen) atoms. The summed E-state index contributed by atoms with van der Waals surface area (Å²) in [6.07, 6.45) is 0. The van der Waals surface area contributed by atoms with E-state index in [2.05, 4.69) is 15.3 Å². The molecule has 1 aromatic rings. The summed E-state index contributed by atoms with van der Waals surface area (Å²) in [6.45, 7) is 1.25. The third-order valence-electron chi connectivity index (χ3n) is 1.80. The number of carboxylic acids is 1. The molecular weight excluding hydrogens is 258 g/mol. The smallest absolute Gasteiger partial charge is 0.327 e. The summed E-state index contributed by atoms with van der Waals surface area (Å²) in [7, 11) is 0. The largest absolute Gasteiger partial charge is 0.480 e. The second kappa shape index (κ2) is 6.05. The van der Waals surface area contributed by atoms with Gasteiger partial charge in [-0.25, -0.2) is 14.8 Å². The topological polar surface area (TPSA) is 144 Å². The molecule has 0 saturated heterocycles. The Balaban J connectivity index is 2.66. The number of carbonyl (C=O) groups excluding carboxylic acids is 1. The third-order valence-corrected chi connectivity index (χ3v) is 2.74.